The summed E-state index contributed by atoms with van der Waals surface area (Å²) in [6, 6.07) is 0. The summed E-state index contributed by atoms with van der Waals surface area (Å²) in [5, 5.41) is 13.9. The predicted octanol–water partition coefficient (Wildman–Crippen LogP) is 1.27. The number of hydrogen-bond donors (Lipinski definition) is 1. The Morgan fingerprint density at radius 3 is 2.91 bits per heavy atom. The van der Waals surface area contributed by atoms with Gasteiger partial charge in [0.25, 0.3) is 0 Å². The van der Waals surface area contributed by atoms with Crippen LogP contribution in [0.25, 0.3) is 0 Å². The fraction of sp³-hybridized carbons (Fsp3) is 0.750. The number of methoxy groups -OCH3 is 1. The normalized spacial score (nSPS) is 19.4. The van der Waals surface area contributed by atoms with Gasteiger partial charge in [0.05, 0.1) is 25.8 Å². The third-order valence-electron chi connectivity index (χ3n) is 4.53. The zero-order valence-electron chi connectivity index (χ0n) is 13.8. The lowest BCUT2D eigenvalue weighted by Crippen LogP contribution is -2.36. The molecule has 2 rings (SSSR count). The maximum Gasteiger partial charge on any atom is 0.307 e. The molecule has 1 aliphatic heterocycles. The van der Waals surface area contributed by atoms with Crippen molar-refractivity contribution in [3.05, 3.63) is 17.0 Å². The van der Waals surface area contributed by atoms with E-state index in [0.717, 1.165) is 43.9 Å². The molecule has 1 fully saturated rings. The molecule has 1 aromatic heterocycles. The first-order chi connectivity index (χ1) is 10.5. The molecule has 0 aliphatic carbocycles. The van der Waals surface area contributed by atoms with Crippen molar-refractivity contribution < 1.29 is 14.6 Å². The molecule has 1 saturated heterocycles. The molecule has 0 amide bonds. The molecule has 22 heavy (non-hydrogen) atoms. The number of piperidine rings is 1. The minimum Gasteiger partial charge on any atom is -0.469 e. The van der Waals surface area contributed by atoms with Gasteiger partial charge in [-0.25, -0.2) is 0 Å². The van der Waals surface area contributed by atoms with Crippen LogP contribution < -0.4 is 0 Å². The maximum atomic E-state index is 11.3. The highest BCUT2D eigenvalue weighted by Gasteiger charge is 2.22. The maximum absolute atomic E-state index is 11.3. The number of carbonyl (C=O) groups excluding carboxylic acids is 1. The van der Waals surface area contributed by atoms with E-state index >= 15 is 0 Å². The molecular formula is C16H27N3O3. The van der Waals surface area contributed by atoms with Gasteiger partial charge in [-0.2, -0.15) is 5.10 Å². The number of aromatic nitrogens is 2. The summed E-state index contributed by atoms with van der Waals surface area (Å²) in [4.78, 5) is 13.7. The summed E-state index contributed by atoms with van der Waals surface area (Å²) in [6.07, 6.45) is 2.59. The van der Waals surface area contributed by atoms with Crippen LogP contribution in [0.1, 0.15) is 36.2 Å². The lowest BCUT2D eigenvalue weighted by Gasteiger charge is -2.31. The van der Waals surface area contributed by atoms with Crippen LogP contribution in [0.3, 0.4) is 0 Å². The Balaban J connectivity index is 2.01. The Labute approximate surface area is 132 Å². The van der Waals surface area contributed by atoms with Gasteiger partial charge in [-0.1, -0.05) is 0 Å². The van der Waals surface area contributed by atoms with Crippen molar-refractivity contribution in [1.29, 1.82) is 0 Å². The van der Waals surface area contributed by atoms with Crippen LogP contribution in [0.5, 0.6) is 0 Å². The minimum absolute atomic E-state index is 0.212. The van der Waals surface area contributed by atoms with Crippen LogP contribution in [-0.2, 0) is 22.6 Å². The molecule has 1 atom stereocenters. The highest BCUT2D eigenvalue weighted by atomic mass is 16.5. The van der Waals surface area contributed by atoms with Crippen LogP contribution in [0.15, 0.2) is 0 Å². The number of aliphatic hydroxyl groups excluding tert-OH is 1. The summed E-state index contributed by atoms with van der Waals surface area (Å²) in [5.41, 5.74) is 3.38. The largest absolute Gasteiger partial charge is 0.469 e. The Hall–Kier alpha value is -1.40. The van der Waals surface area contributed by atoms with E-state index in [2.05, 4.69) is 21.7 Å². The summed E-state index contributed by atoms with van der Waals surface area (Å²) in [6.45, 7) is 7.79. The van der Waals surface area contributed by atoms with Gasteiger partial charge < -0.3 is 9.84 Å². The molecule has 1 aromatic rings. The number of hydrogen-bond acceptors (Lipinski definition) is 5. The molecule has 6 heteroatoms. The summed E-state index contributed by atoms with van der Waals surface area (Å²) in [7, 11) is 1.41. The van der Waals surface area contributed by atoms with Crippen molar-refractivity contribution in [3.8, 4) is 0 Å². The molecule has 0 saturated carbocycles. The summed E-state index contributed by atoms with van der Waals surface area (Å²) >= 11 is 0. The fourth-order valence-electron chi connectivity index (χ4n) is 3.15. The van der Waals surface area contributed by atoms with Crippen molar-refractivity contribution in [1.82, 2.24) is 14.7 Å². The Kier molecular flexibility index (Phi) is 5.97. The average molecular weight is 309 g/mol. The van der Waals surface area contributed by atoms with E-state index in [9.17, 15) is 9.90 Å². The van der Waals surface area contributed by atoms with E-state index in [4.69, 9.17) is 0 Å². The minimum atomic E-state index is -0.212. The van der Waals surface area contributed by atoms with E-state index in [1.54, 1.807) is 0 Å². The first-order valence-electron chi connectivity index (χ1n) is 7.98. The van der Waals surface area contributed by atoms with Gasteiger partial charge >= 0.3 is 5.97 Å². The molecule has 1 unspecified atom stereocenters. The SMILES string of the molecule is COC(=O)CCn1nc(C)c(CN2CCCC(CO)C2)c1C. The number of carbonyl (C=O) groups is 1. The number of nitrogens with zero attached hydrogens (tertiary/aromatic N) is 3. The fourth-order valence-corrected chi connectivity index (χ4v) is 3.15. The second-order valence-corrected chi connectivity index (χ2v) is 6.12. The van der Waals surface area contributed by atoms with Crippen molar-refractivity contribution in [2.24, 2.45) is 5.92 Å². The number of esters is 1. The Bertz CT molecular complexity index is 513. The smallest absolute Gasteiger partial charge is 0.307 e. The molecule has 1 aliphatic rings. The van der Waals surface area contributed by atoms with Crippen LogP contribution >= 0.6 is 0 Å². The second kappa shape index (κ2) is 7.74. The van der Waals surface area contributed by atoms with Crippen molar-refractivity contribution in [3.63, 3.8) is 0 Å². The lowest BCUT2D eigenvalue weighted by molar-refractivity contribution is -0.140. The molecule has 124 valence electrons. The molecular weight excluding hydrogens is 282 g/mol. The Morgan fingerprint density at radius 2 is 2.23 bits per heavy atom. The van der Waals surface area contributed by atoms with Crippen LogP contribution in [0.4, 0.5) is 0 Å². The van der Waals surface area contributed by atoms with E-state index in [0.29, 0.717) is 18.9 Å². The van der Waals surface area contributed by atoms with E-state index in [1.807, 2.05) is 11.6 Å². The zero-order valence-corrected chi connectivity index (χ0v) is 13.8. The third-order valence-corrected chi connectivity index (χ3v) is 4.53. The quantitative estimate of drug-likeness (QED) is 0.802. The first-order valence-corrected chi connectivity index (χ1v) is 7.98. The number of ether oxygens (including phenoxy) is 1. The monoisotopic (exact) mass is 309 g/mol. The second-order valence-electron chi connectivity index (χ2n) is 6.12. The first kappa shape index (κ1) is 17.0. The van der Waals surface area contributed by atoms with Crippen molar-refractivity contribution in [2.45, 2.75) is 46.2 Å². The molecule has 1 N–H and O–H groups in total. The van der Waals surface area contributed by atoms with Crippen LogP contribution in [-0.4, -0.2) is 52.6 Å². The third kappa shape index (κ3) is 4.08. The van der Waals surface area contributed by atoms with Gasteiger partial charge in [0.2, 0.25) is 0 Å². The number of likely N-dealkylation sites (tertiary alicyclic amines) is 1. The standard InChI is InChI=1S/C16H27N3O3/c1-12-15(10-18-7-4-5-14(9-18)11-20)13(2)19(17-12)8-6-16(21)22-3/h14,20H,4-11H2,1-3H3. The molecule has 0 aromatic carbocycles. The van der Waals surface area contributed by atoms with Crippen LogP contribution in [0, 0.1) is 19.8 Å². The number of aryl methyl sites for hydroxylation is 2. The highest BCUT2D eigenvalue weighted by Crippen LogP contribution is 2.21. The van der Waals surface area contributed by atoms with Gasteiger partial charge in [0.1, 0.15) is 0 Å². The van der Waals surface area contributed by atoms with Gasteiger partial charge in [0, 0.05) is 31.0 Å². The van der Waals surface area contributed by atoms with Gasteiger partial charge in [-0.3, -0.25) is 14.4 Å². The van der Waals surface area contributed by atoms with Gasteiger partial charge in [-0.05, 0) is 39.2 Å². The Morgan fingerprint density at radius 1 is 1.45 bits per heavy atom. The number of aliphatic hydroxyl groups is 1. The summed E-state index contributed by atoms with van der Waals surface area (Å²) in [5.74, 6) is 0.180. The molecule has 2 heterocycles. The van der Waals surface area contributed by atoms with E-state index < -0.39 is 0 Å². The zero-order chi connectivity index (χ0) is 16.1. The van der Waals surface area contributed by atoms with E-state index in [-0.39, 0.29) is 12.6 Å². The van der Waals surface area contributed by atoms with Crippen molar-refractivity contribution >= 4 is 5.97 Å². The lowest BCUT2D eigenvalue weighted by atomic mass is 9.98. The van der Waals surface area contributed by atoms with Crippen molar-refractivity contribution in [2.75, 3.05) is 26.8 Å². The topological polar surface area (TPSA) is 67.6 Å². The molecule has 0 bridgehead atoms. The number of rotatable bonds is 6. The van der Waals surface area contributed by atoms with Crippen LogP contribution in [0.2, 0.25) is 0 Å². The summed E-state index contributed by atoms with van der Waals surface area (Å²) < 4.78 is 6.58. The van der Waals surface area contributed by atoms with Gasteiger partial charge in [-0.15, -0.1) is 0 Å². The van der Waals surface area contributed by atoms with E-state index in [1.165, 1.54) is 12.7 Å². The average Bonchev–Trinajstić information content (AvgIpc) is 2.80. The molecule has 0 spiro atoms. The van der Waals surface area contributed by atoms with Gasteiger partial charge in [0.15, 0.2) is 0 Å². The molecule has 6 nitrogen and oxygen atoms in total. The predicted molar refractivity (Wildman–Crippen MR) is 83.4 cm³/mol. The molecule has 0 radical (unpaired) electrons. The highest BCUT2D eigenvalue weighted by molar-refractivity contribution is 5.68.